The van der Waals surface area contributed by atoms with E-state index in [-0.39, 0.29) is 26.2 Å². The summed E-state index contributed by atoms with van der Waals surface area (Å²) >= 11 is 0. The Kier molecular flexibility index (Phi) is 74.7. The van der Waals surface area contributed by atoms with Gasteiger partial charge >= 0.3 is 21.6 Å². The molecule has 0 aliphatic heterocycles. The molecular formula is C79H144O17P2. The van der Waals surface area contributed by atoms with E-state index in [9.17, 15) is 43.2 Å². The third-order valence-corrected chi connectivity index (χ3v) is 18.9. The van der Waals surface area contributed by atoms with Crippen molar-refractivity contribution in [3.8, 4) is 0 Å². The number of ether oxygens (including phenoxy) is 4. The van der Waals surface area contributed by atoms with Gasteiger partial charge in [-0.25, -0.2) is 9.13 Å². The summed E-state index contributed by atoms with van der Waals surface area (Å²) in [5.74, 6) is -0.462. The van der Waals surface area contributed by atoms with E-state index in [1.807, 2.05) is 0 Å². The van der Waals surface area contributed by atoms with Gasteiger partial charge in [0.05, 0.1) is 39.6 Å². The zero-order valence-corrected chi connectivity index (χ0v) is 63.6. The van der Waals surface area contributed by atoms with Crippen molar-refractivity contribution in [2.45, 2.75) is 359 Å². The van der Waals surface area contributed by atoms with Crippen LogP contribution in [0.4, 0.5) is 0 Å². The smallest absolute Gasteiger partial charge is 0.457 e. The van der Waals surface area contributed by atoms with E-state index in [4.69, 9.17) is 37.0 Å². The molecule has 0 saturated heterocycles. The lowest BCUT2D eigenvalue weighted by Gasteiger charge is -2.21. The molecule has 0 bridgehead atoms. The van der Waals surface area contributed by atoms with Gasteiger partial charge in [-0.05, 0) is 154 Å². The zero-order chi connectivity index (χ0) is 71.3. The largest absolute Gasteiger partial charge is 0.472 e. The second kappa shape index (κ2) is 76.9. The highest BCUT2D eigenvalue weighted by Gasteiger charge is 2.29. The van der Waals surface area contributed by atoms with Crippen molar-refractivity contribution in [3.05, 3.63) is 60.8 Å². The third kappa shape index (κ3) is 75.9. The minimum atomic E-state index is -4.83. The molecule has 98 heavy (non-hydrogen) atoms. The number of rotatable bonds is 81. The molecule has 5 atom stereocenters. The Morgan fingerprint density at radius 2 is 0.602 bits per heavy atom. The summed E-state index contributed by atoms with van der Waals surface area (Å²) < 4.78 is 70.6. The van der Waals surface area contributed by atoms with Crippen LogP contribution < -0.4 is 0 Å². The van der Waals surface area contributed by atoms with Crippen LogP contribution in [0, 0.1) is 0 Å². The van der Waals surface area contributed by atoms with Gasteiger partial charge in [0.1, 0.15) is 37.2 Å². The highest BCUT2D eigenvalue weighted by molar-refractivity contribution is 7.47. The summed E-state index contributed by atoms with van der Waals surface area (Å²) in [6.45, 7) is 1.31. The number of hydrogen-bond acceptors (Lipinski definition) is 15. The lowest BCUT2D eigenvalue weighted by Crippen LogP contribution is -2.29. The molecule has 0 aromatic carbocycles. The first kappa shape index (κ1) is 95.2. The minimum Gasteiger partial charge on any atom is -0.457 e. The summed E-state index contributed by atoms with van der Waals surface area (Å²) in [5, 5.41) is 10.6. The first-order chi connectivity index (χ1) is 48.0. The molecule has 0 rings (SSSR count). The molecule has 572 valence electrons. The maximum absolute atomic E-state index is 13.1. The normalized spacial score (nSPS) is 14.3. The Hall–Kier alpha value is -2.76. The fourth-order valence-electron chi connectivity index (χ4n) is 10.9. The number of carbonyl (C=O) groups is 4. The first-order valence-electron chi connectivity index (χ1n) is 39.4. The van der Waals surface area contributed by atoms with Gasteiger partial charge in [-0.1, -0.05) is 222 Å². The second-order valence-corrected chi connectivity index (χ2v) is 29.4. The Balaban J connectivity index is 5.13. The van der Waals surface area contributed by atoms with Crippen LogP contribution in [0.15, 0.2) is 60.8 Å². The van der Waals surface area contributed by atoms with E-state index < -0.39 is 59.7 Å². The summed E-state index contributed by atoms with van der Waals surface area (Å²) in [6, 6.07) is 0. The predicted octanol–water partition coefficient (Wildman–Crippen LogP) is 21.6. The van der Waals surface area contributed by atoms with Gasteiger partial charge in [-0.15, -0.1) is 0 Å². The van der Waals surface area contributed by atoms with Crippen LogP contribution in [-0.2, 0) is 65.4 Å². The van der Waals surface area contributed by atoms with Crippen molar-refractivity contribution in [1.82, 2.24) is 0 Å². The molecule has 0 spiro atoms. The van der Waals surface area contributed by atoms with Crippen molar-refractivity contribution >= 4 is 40.5 Å². The average Bonchev–Trinajstić information content (AvgIpc) is 3.88. The van der Waals surface area contributed by atoms with Gasteiger partial charge in [0, 0.05) is 45.5 Å². The monoisotopic (exact) mass is 1430 g/mol. The molecule has 0 amide bonds. The van der Waals surface area contributed by atoms with Crippen LogP contribution in [0.1, 0.15) is 341 Å². The summed E-state index contributed by atoms with van der Waals surface area (Å²) in [6.07, 6.45) is 76.5. The molecule has 0 fully saturated rings. The minimum absolute atomic E-state index is 0.0538. The van der Waals surface area contributed by atoms with Crippen LogP contribution in [0.5, 0.6) is 0 Å². The molecule has 3 N–H and O–H groups in total. The molecule has 2 unspecified atom stereocenters. The number of aldehydes is 3. The quantitative estimate of drug-likeness (QED) is 0.0169. The van der Waals surface area contributed by atoms with Crippen LogP contribution in [0.3, 0.4) is 0 Å². The predicted molar refractivity (Wildman–Crippen MR) is 400 cm³/mol. The number of aliphatic hydroxyl groups is 1. The number of carbonyl (C=O) groups excluding carboxylic acids is 4. The van der Waals surface area contributed by atoms with Crippen molar-refractivity contribution in [2.75, 3.05) is 59.5 Å². The van der Waals surface area contributed by atoms with Gasteiger partial charge in [-0.3, -0.25) is 22.9 Å². The summed E-state index contributed by atoms with van der Waals surface area (Å²) in [7, 11) is -9.57. The average molecular weight is 1430 g/mol. The number of esters is 1. The van der Waals surface area contributed by atoms with Gasteiger partial charge < -0.3 is 48.2 Å². The highest BCUT2D eigenvalue weighted by atomic mass is 31.2. The van der Waals surface area contributed by atoms with Gasteiger partial charge in [0.25, 0.3) is 0 Å². The van der Waals surface area contributed by atoms with Crippen LogP contribution in [0.2, 0.25) is 0 Å². The van der Waals surface area contributed by atoms with E-state index >= 15 is 0 Å². The number of hydrogen-bond donors (Lipinski definition) is 3. The highest BCUT2D eigenvalue weighted by Crippen LogP contribution is 2.45. The molecule has 0 aliphatic rings. The lowest BCUT2D eigenvalue weighted by atomic mass is 10.1. The molecule has 17 nitrogen and oxygen atoms in total. The van der Waals surface area contributed by atoms with E-state index in [1.54, 1.807) is 0 Å². The molecule has 0 aliphatic carbocycles. The van der Waals surface area contributed by atoms with E-state index in [2.05, 4.69) is 67.7 Å². The molecule has 0 heterocycles. The Labute approximate surface area is 597 Å². The number of phosphoric acid groups is 2. The summed E-state index contributed by atoms with van der Waals surface area (Å²) in [5.41, 5.74) is 0. The fourth-order valence-corrected chi connectivity index (χ4v) is 12.5. The SMILES string of the molecule is CCCCC/C=C\C/C=C\CCCCCCCC(=O)O[C@H](COCCCCCCCCC/C=C\CCCCCCC=O)COP(=O)(O)OC[C@@H](O)COP(=O)(O)OC[C@@H](COCCCCCCC/C=C\CCCCCCC=O)OCCCCCCCCC/C=C\CCCCCCC=O. The summed E-state index contributed by atoms with van der Waals surface area (Å²) in [4.78, 5) is 65.7. The van der Waals surface area contributed by atoms with Crippen LogP contribution >= 0.6 is 15.6 Å². The number of allylic oxidation sites excluding steroid dienone is 10. The zero-order valence-electron chi connectivity index (χ0n) is 61.8. The van der Waals surface area contributed by atoms with E-state index in [0.29, 0.717) is 45.5 Å². The van der Waals surface area contributed by atoms with Crippen molar-refractivity contribution in [3.63, 3.8) is 0 Å². The van der Waals surface area contributed by atoms with Crippen molar-refractivity contribution in [1.29, 1.82) is 0 Å². The number of unbranched alkanes of at least 4 members (excludes halogenated alkanes) is 42. The molecular weight excluding hydrogens is 1280 g/mol. The number of phosphoric ester groups is 2. The Bertz CT molecular complexity index is 2000. The van der Waals surface area contributed by atoms with Crippen molar-refractivity contribution in [2.24, 2.45) is 0 Å². The Morgan fingerprint density at radius 3 is 0.959 bits per heavy atom. The maximum Gasteiger partial charge on any atom is 0.472 e. The fraction of sp³-hybridized carbons (Fsp3) is 0.823. The molecule has 19 heteroatoms. The lowest BCUT2D eigenvalue weighted by molar-refractivity contribution is -0.154. The van der Waals surface area contributed by atoms with Gasteiger partial charge in [0.15, 0.2) is 0 Å². The molecule has 0 aromatic rings. The van der Waals surface area contributed by atoms with Crippen molar-refractivity contribution < 1.29 is 80.2 Å². The van der Waals surface area contributed by atoms with E-state index in [1.165, 1.54) is 96.3 Å². The first-order valence-corrected chi connectivity index (χ1v) is 42.4. The van der Waals surface area contributed by atoms with Gasteiger partial charge in [-0.2, -0.15) is 0 Å². The van der Waals surface area contributed by atoms with Crippen LogP contribution in [-0.4, -0.2) is 117 Å². The topological polar surface area (TPSA) is 237 Å². The molecule has 0 radical (unpaired) electrons. The Morgan fingerprint density at radius 1 is 0.327 bits per heavy atom. The molecule has 0 saturated carbocycles. The van der Waals surface area contributed by atoms with Crippen LogP contribution in [0.25, 0.3) is 0 Å². The standard InChI is InChI=1S/C79H144O17P2/c1-2-3-4-5-6-7-8-9-14-21-28-35-42-49-56-63-79(84)96-78(73-90-68-61-54-47-40-33-25-18-12-10-15-22-29-36-43-50-57-64-80)75-95-98(87,88)93-71-76(83)70-92-97(85,86)94-74-77(72-89-67-60-53-46-39-32-26-20-17-24-31-38-45-52-59-66-82)91-69-62-55-48-41-34-27-19-13-11-16-23-30-37-44-51-58-65-81/h6-7,9-11,14-17,20,64-66,76-78,83H,2-5,8,12-13,18-19,21-63,67-75H2,1H3,(H,85,86)(H,87,88)/b7-6-,14-9-,15-10-,16-11-,20-17-/t76-,77+,78+/m0/s1. The third-order valence-electron chi connectivity index (χ3n) is 17.0. The second-order valence-electron chi connectivity index (χ2n) is 26.5. The maximum atomic E-state index is 13.1. The molecule has 0 aromatic heterocycles. The van der Waals surface area contributed by atoms with Gasteiger partial charge in [0.2, 0.25) is 0 Å². The number of aliphatic hydroxyl groups excluding tert-OH is 1. The van der Waals surface area contributed by atoms with E-state index in [0.717, 1.165) is 224 Å².